The Balaban J connectivity index is 1.18. The first-order chi connectivity index (χ1) is 16.0. The minimum absolute atomic E-state index is 0.0330. The number of amides is 1. The summed E-state index contributed by atoms with van der Waals surface area (Å²) in [7, 11) is 0. The van der Waals surface area contributed by atoms with Crippen LogP contribution < -0.4 is 5.32 Å². The largest absolute Gasteiger partial charge is 0.423 e. The van der Waals surface area contributed by atoms with Crippen molar-refractivity contribution in [2.24, 2.45) is 23.7 Å². The van der Waals surface area contributed by atoms with Gasteiger partial charge >= 0.3 is 6.18 Å². The second-order valence-corrected chi connectivity index (χ2v) is 10.2. The lowest BCUT2D eigenvalue weighted by Gasteiger charge is -2.56. The number of hydrogen-bond acceptors (Lipinski definition) is 5. The molecular formula is C24H31F3N2O5. The van der Waals surface area contributed by atoms with Crippen molar-refractivity contribution >= 4 is 17.3 Å². The molecule has 4 aliphatic rings. The van der Waals surface area contributed by atoms with Crippen molar-refractivity contribution in [3.63, 3.8) is 0 Å². The van der Waals surface area contributed by atoms with Gasteiger partial charge in [0.1, 0.15) is 5.56 Å². The Morgan fingerprint density at radius 3 is 2.32 bits per heavy atom. The summed E-state index contributed by atoms with van der Waals surface area (Å²) in [4.78, 5) is 22.1. The van der Waals surface area contributed by atoms with Crippen molar-refractivity contribution < 1.29 is 32.4 Å². The van der Waals surface area contributed by atoms with Gasteiger partial charge in [0.05, 0.1) is 23.7 Å². The van der Waals surface area contributed by atoms with Crippen LogP contribution in [-0.2, 0) is 20.4 Å². The van der Waals surface area contributed by atoms with E-state index in [-0.39, 0.29) is 11.3 Å². The van der Waals surface area contributed by atoms with Gasteiger partial charge < -0.3 is 14.8 Å². The number of carbonyl (C=O) groups excluding carboxylic acids is 1. The monoisotopic (exact) mass is 484 g/mol. The number of nitro groups is 1. The lowest BCUT2D eigenvalue weighted by molar-refractivity contribution is -0.388. The van der Waals surface area contributed by atoms with Crippen LogP contribution in [0.1, 0.15) is 57.4 Å². The van der Waals surface area contributed by atoms with Gasteiger partial charge in [-0.05, 0) is 74.8 Å². The van der Waals surface area contributed by atoms with Gasteiger partial charge in [-0.25, -0.2) is 0 Å². The summed E-state index contributed by atoms with van der Waals surface area (Å²) in [5.74, 6) is 1.46. The molecule has 1 amide bonds. The number of hydrogen-bond donors (Lipinski definition) is 1. The molecule has 10 heteroatoms. The van der Waals surface area contributed by atoms with Crippen LogP contribution in [0.3, 0.4) is 0 Å². The van der Waals surface area contributed by atoms with Crippen LogP contribution in [0.5, 0.6) is 0 Å². The molecule has 5 rings (SSSR count). The standard InChI is InChI=1S/C24H31F3N2O5/c1-15(22(30)28-19-2-3-21(29(31)32)20(11-19)24(25,26)27)4-5-33-6-7-34-23-12-16-8-17(13-23)10-18(9-16)14-23/h2-3,11,15-18H,4-10,12-14H2,1H3,(H,28,30)/t15-,16?,17?,18?,23?/m0/s1. The highest BCUT2D eigenvalue weighted by Gasteiger charge is 2.51. The topological polar surface area (TPSA) is 90.7 Å². The van der Waals surface area contributed by atoms with E-state index < -0.39 is 34.2 Å². The zero-order valence-electron chi connectivity index (χ0n) is 19.2. The Labute approximate surface area is 196 Å². The first-order valence-corrected chi connectivity index (χ1v) is 11.9. The van der Waals surface area contributed by atoms with Crippen molar-refractivity contribution in [3.8, 4) is 0 Å². The zero-order chi connectivity index (χ0) is 24.5. The number of benzene rings is 1. The molecule has 4 fully saturated rings. The first kappa shape index (κ1) is 24.9. The van der Waals surface area contributed by atoms with Gasteiger partial charge in [-0.3, -0.25) is 14.9 Å². The highest BCUT2D eigenvalue weighted by Crippen LogP contribution is 2.57. The third-order valence-corrected chi connectivity index (χ3v) is 7.53. The van der Waals surface area contributed by atoms with E-state index in [2.05, 4.69) is 5.32 Å². The summed E-state index contributed by atoms with van der Waals surface area (Å²) < 4.78 is 51.3. The first-order valence-electron chi connectivity index (χ1n) is 11.9. The number of carbonyl (C=O) groups is 1. The molecule has 0 spiro atoms. The number of ether oxygens (including phenoxy) is 2. The minimum Gasteiger partial charge on any atom is -0.379 e. The third kappa shape index (κ3) is 5.71. The summed E-state index contributed by atoms with van der Waals surface area (Å²) in [5, 5.41) is 13.3. The Kier molecular flexibility index (Phi) is 7.19. The molecule has 4 saturated carbocycles. The molecule has 1 aromatic rings. The van der Waals surface area contributed by atoms with E-state index in [1.807, 2.05) is 0 Å². The van der Waals surface area contributed by atoms with Gasteiger partial charge in [0, 0.05) is 24.3 Å². The maximum Gasteiger partial charge on any atom is 0.423 e. The highest BCUT2D eigenvalue weighted by atomic mass is 19.4. The van der Waals surface area contributed by atoms with Crippen LogP contribution in [0.2, 0.25) is 0 Å². The molecule has 0 heterocycles. The molecular weight excluding hydrogens is 453 g/mol. The smallest absolute Gasteiger partial charge is 0.379 e. The number of nitrogens with one attached hydrogen (secondary N) is 1. The molecule has 34 heavy (non-hydrogen) atoms. The number of nitrogens with zero attached hydrogens (tertiary/aromatic N) is 1. The van der Waals surface area contributed by atoms with E-state index >= 15 is 0 Å². The SMILES string of the molecule is C[C@@H](CCOCCOC12CC3CC(CC(C3)C1)C2)C(=O)Nc1ccc([N+](=O)[O-])c(C(F)(F)F)c1. The van der Waals surface area contributed by atoms with Crippen molar-refractivity contribution in [2.75, 3.05) is 25.1 Å². The van der Waals surface area contributed by atoms with E-state index in [1.54, 1.807) is 6.92 Å². The van der Waals surface area contributed by atoms with E-state index in [1.165, 1.54) is 19.3 Å². The van der Waals surface area contributed by atoms with E-state index in [4.69, 9.17) is 9.47 Å². The quantitative estimate of drug-likeness (QED) is 0.266. The van der Waals surface area contributed by atoms with Gasteiger partial charge in [0.25, 0.3) is 5.69 Å². The number of anilines is 1. The van der Waals surface area contributed by atoms with Gasteiger partial charge in [0.2, 0.25) is 5.91 Å². The fourth-order valence-corrected chi connectivity index (χ4v) is 6.28. The molecule has 4 aliphatic carbocycles. The predicted octanol–water partition coefficient (Wildman–Crippen LogP) is 5.58. The third-order valence-electron chi connectivity index (χ3n) is 7.53. The van der Waals surface area contributed by atoms with Crippen LogP contribution in [0.25, 0.3) is 0 Å². The molecule has 1 atom stereocenters. The molecule has 0 aromatic heterocycles. The Bertz CT molecular complexity index is 885. The number of nitro benzene ring substituents is 1. The molecule has 7 nitrogen and oxygen atoms in total. The lowest BCUT2D eigenvalue weighted by atomic mass is 9.54. The number of rotatable bonds is 10. The lowest BCUT2D eigenvalue weighted by Crippen LogP contribution is -2.52. The molecule has 0 unspecified atom stereocenters. The minimum atomic E-state index is -4.90. The molecule has 0 aliphatic heterocycles. The molecule has 1 N–H and O–H groups in total. The van der Waals surface area contributed by atoms with Crippen LogP contribution in [0, 0.1) is 33.8 Å². The molecule has 4 bridgehead atoms. The predicted molar refractivity (Wildman–Crippen MR) is 118 cm³/mol. The van der Waals surface area contributed by atoms with Gasteiger partial charge in [-0.1, -0.05) is 6.92 Å². The summed E-state index contributed by atoms with van der Waals surface area (Å²) in [6, 6.07) is 2.42. The average Bonchev–Trinajstić information content (AvgIpc) is 2.74. The Morgan fingerprint density at radius 2 is 1.76 bits per heavy atom. The van der Waals surface area contributed by atoms with Crippen LogP contribution in [-0.4, -0.2) is 36.3 Å². The van der Waals surface area contributed by atoms with Crippen molar-refractivity contribution in [1.82, 2.24) is 0 Å². The molecule has 0 saturated heterocycles. The van der Waals surface area contributed by atoms with Crippen LogP contribution in [0.15, 0.2) is 18.2 Å². The summed E-state index contributed by atoms with van der Waals surface area (Å²) in [5.41, 5.74) is -2.56. The van der Waals surface area contributed by atoms with Gasteiger partial charge in [0.15, 0.2) is 0 Å². The molecule has 1 aromatic carbocycles. The Morgan fingerprint density at radius 1 is 1.15 bits per heavy atom. The van der Waals surface area contributed by atoms with Crippen molar-refractivity contribution in [3.05, 3.63) is 33.9 Å². The summed E-state index contributed by atoms with van der Waals surface area (Å²) >= 11 is 0. The summed E-state index contributed by atoms with van der Waals surface area (Å²) in [6.07, 6.45) is 3.05. The fraction of sp³-hybridized carbons (Fsp3) is 0.708. The second kappa shape index (κ2) is 9.81. The molecule has 0 radical (unpaired) electrons. The maximum atomic E-state index is 13.1. The second-order valence-electron chi connectivity index (χ2n) is 10.2. The maximum absolute atomic E-state index is 13.1. The van der Waals surface area contributed by atoms with Gasteiger partial charge in [-0.15, -0.1) is 0 Å². The summed E-state index contributed by atoms with van der Waals surface area (Å²) in [6.45, 7) is 2.94. The van der Waals surface area contributed by atoms with Crippen LogP contribution in [0.4, 0.5) is 24.5 Å². The highest BCUT2D eigenvalue weighted by molar-refractivity contribution is 5.92. The van der Waals surface area contributed by atoms with E-state index in [9.17, 15) is 28.1 Å². The normalized spacial score (nSPS) is 28.6. The molecule has 188 valence electrons. The van der Waals surface area contributed by atoms with Gasteiger partial charge in [-0.2, -0.15) is 13.2 Å². The average molecular weight is 485 g/mol. The fourth-order valence-electron chi connectivity index (χ4n) is 6.28. The van der Waals surface area contributed by atoms with Crippen LogP contribution >= 0.6 is 0 Å². The van der Waals surface area contributed by atoms with Crippen molar-refractivity contribution in [1.29, 1.82) is 0 Å². The van der Waals surface area contributed by atoms with E-state index in [0.29, 0.717) is 32.3 Å². The Hall–Kier alpha value is -2.20. The number of alkyl halides is 3. The zero-order valence-corrected chi connectivity index (χ0v) is 19.2. The van der Waals surface area contributed by atoms with E-state index in [0.717, 1.165) is 49.1 Å². The number of halogens is 3. The van der Waals surface area contributed by atoms with Crippen molar-refractivity contribution in [2.45, 2.75) is 63.6 Å².